The molecular weight excluding hydrogens is 352 g/mol. The number of carboxylic acid groups (broad SMARTS) is 1. The summed E-state index contributed by atoms with van der Waals surface area (Å²) in [4.78, 5) is 26.3. The predicted molar refractivity (Wildman–Crippen MR) is 103 cm³/mol. The summed E-state index contributed by atoms with van der Waals surface area (Å²) in [5.74, 6) is -1.43. The number of halogens is 1. The molecule has 5 nitrogen and oxygen atoms in total. The van der Waals surface area contributed by atoms with Crippen LogP contribution in [0.2, 0.25) is 5.02 Å². The largest absolute Gasteiger partial charge is 0.478 e. The van der Waals surface area contributed by atoms with E-state index in [4.69, 9.17) is 11.6 Å². The van der Waals surface area contributed by atoms with Crippen LogP contribution in [0.4, 0.5) is 11.4 Å². The van der Waals surface area contributed by atoms with Gasteiger partial charge in [0.1, 0.15) is 0 Å². The lowest BCUT2D eigenvalue weighted by Gasteiger charge is -2.23. The average molecular weight is 373 g/mol. The van der Waals surface area contributed by atoms with Gasteiger partial charge in [-0.1, -0.05) is 24.4 Å². The van der Waals surface area contributed by atoms with Gasteiger partial charge < -0.3 is 15.3 Å². The number of rotatable bonds is 4. The van der Waals surface area contributed by atoms with Gasteiger partial charge in [-0.3, -0.25) is 4.79 Å². The normalized spacial score (nSPS) is 14.6. The van der Waals surface area contributed by atoms with Gasteiger partial charge in [-0.05, 0) is 55.3 Å². The second kappa shape index (κ2) is 8.23. The predicted octanol–water partition coefficient (Wildman–Crippen LogP) is 4.67. The molecule has 0 aliphatic carbocycles. The molecule has 1 aliphatic heterocycles. The Morgan fingerprint density at radius 1 is 0.962 bits per heavy atom. The molecule has 26 heavy (non-hydrogen) atoms. The van der Waals surface area contributed by atoms with Crippen molar-refractivity contribution in [3.63, 3.8) is 0 Å². The van der Waals surface area contributed by atoms with Gasteiger partial charge in [0.2, 0.25) is 0 Å². The van der Waals surface area contributed by atoms with Crippen LogP contribution >= 0.6 is 11.6 Å². The summed E-state index contributed by atoms with van der Waals surface area (Å²) in [7, 11) is 0. The summed E-state index contributed by atoms with van der Waals surface area (Å²) >= 11 is 5.83. The fraction of sp³-hybridized carbons (Fsp3) is 0.300. The molecule has 0 saturated carbocycles. The van der Waals surface area contributed by atoms with E-state index in [2.05, 4.69) is 10.2 Å². The molecule has 6 heteroatoms. The van der Waals surface area contributed by atoms with Crippen molar-refractivity contribution in [2.24, 2.45) is 0 Å². The number of aromatic carboxylic acids is 1. The third kappa shape index (κ3) is 4.35. The van der Waals surface area contributed by atoms with Gasteiger partial charge in [-0.25, -0.2) is 4.79 Å². The summed E-state index contributed by atoms with van der Waals surface area (Å²) in [5, 5.41) is 12.8. The fourth-order valence-corrected chi connectivity index (χ4v) is 3.27. The van der Waals surface area contributed by atoms with E-state index in [1.54, 1.807) is 36.4 Å². The van der Waals surface area contributed by atoms with E-state index in [9.17, 15) is 14.7 Å². The average Bonchev–Trinajstić information content (AvgIpc) is 2.92. The zero-order valence-electron chi connectivity index (χ0n) is 14.4. The van der Waals surface area contributed by atoms with Gasteiger partial charge >= 0.3 is 5.97 Å². The molecule has 0 aromatic heterocycles. The van der Waals surface area contributed by atoms with Gasteiger partial charge in [0.15, 0.2) is 0 Å². The fourth-order valence-electron chi connectivity index (χ4n) is 3.14. The molecule has 1 aliphatic rings. The molecule has 1 heterocycles. The lowest BCUT2D eigenvalue weighted by atomic mass is 10.1. The Morgan fingerprint density at radius 2 is 1.62 bits per heavy atom. The molecule has 0 atom stereocenters. The van der Waals surface area contributed by atoms with Gasteiger partial charge in [0, 0.05) is 29.4 Å². The lowest BCUT2D eigenvalue weighted by Crippen LogP contribution is -2.24. The summed E-state index contributed by atoms with van der Waals surface area (Å²) in [6, 6.07) is 11.6. The Balaban J connectivity index is 1.83. The minimum atomic E-state index is -1.06. The van der Waals surface area contributed by atoms with Crippen molar-refractivity contribution in [2.45, 2.75) is 25.7 Å². The van der Waals surface area contributed by atoms with Crippen molar-refractivity contribution in [3.05, 3.63) is 58.6 Å². The molecule has 1 saturated heterocycles. The van der Waals surface area contributed by atoms with Crippen molar-refractivity contribution >= 4 is 34.9 Å². The maximum Gasteiger partial charge on any atom is 0.337 e. The van der Waals surface area contributed by atoms with Crippen LogP contribution in [0.1, 0.15) is 46.4 Å². The topological polar surface area (TPSA) is 69.6 Å². The van der Waals surface area contributed by atoms with Gasteiger partial charge in [0.25, 0.3) is 5.91 Å². The van der Waals surface area contributed by atoms with E-state index in [1.165, 1.54) is 12.8 Å². The highest BCUT2D eigenvalue weighted by Gasteiger charge is 2.17. The monoisotopic (exact) mass is 372 g/mol. The second-order valence-electron chi connectivity index (χ2n) is 6.40. The molecule has 2 N–H and O–H groups in total. The maximum atomic E-state index is 12.4. The Hall–Kier alpha value is -2.53. The number of benzene rings is 2. The summed E-state index contributed by atoms with van der Waals surface area (Å²) in [6.07, 6.45) is 4.63. The van der Waals surface area contributed by atoms with Crippen molar-refractivity contribution in [1.82, 2.24) is 0 Å². The summed E-state index contributed by atoms with van der Waals surface area (Å²) in [5.41, 5.74) is 1.68. The third-order valence-electron chi connectivity index (χ3n) is 4.56. The first kappa shape index (κ1) is 18.3. The van der Waals surface area contributed by atoms with Crippen LogP contribution in [0.5, 0.6) is 0 Å². The number of hydrogen-bond donors (Lipinski definition) is 2. The van der Waals surface area contributed by atoms with E-state index >= 15 is 0 Å². The lowest BCUT2D eigenvalue weighted by molar-refractivity contribution is 0.0698. The van der Waals surface area contributed by atoms with Crippen molar-refractivity contribution in [2.75, 3.05) is 23.3 Å². The van der Waals surface area contributed by atoms with E-state index in [0.717, 1.165) is 31.6 Å². The Morgan fingerprint density at radius 3 is 2.23 bits per heavy atom. The quantitative estimate of drug-likeness (QED) is 0.818. The van der Waals surface area contributed by atoms with E-state index < -0.39 is 5.97 Å². The maximum absolute atomic E-state index is 12.4. The molecule has 2 aromatic carbocycles. The number of hydrogen-bond acceptors (Lipinski definition) is 3. The van der Waals surface area contributed by atoms with Crippen molar-refractivity contribution < 1.29 is 14.7 Å². The highest BCUT2D eigenvalue weighted by Crippen LogP contribution is 2.26. The van der Waals surface area contributed by atoms with Crippen LogP contribution in [0.25, 0.3) is 0 Å². The Bertz CT molecular complexity index is 797. The second-order valence-corrected chi connectivity index (χ2v) is 6.83. The first-order valence-electron chi connectivity index (χ1n) is 8.74. The number of amides is 1. The molecule has 0 spiro atoms. The van der Waals surface area contributed by atoms with Gasteiger partial charge in [0.05, 0.1) is 11.3 Å². The number of carbonyl (C=O) groups is 2. The molecule has 1 fully saturated rings. The molecule has 0 bridgehead atoms. The minimum absolute atomic E-state index is 0.0917. The van der Waals surface area contributed by atoms with Crippen LogP contribution < -0.4 is 10.2 Å². The van der Waals surface area contributed by atoms with E-state index in [1.807, 2.05) is 6.07 Å². The molecule has 136 valence electrons. The number of carbonyl (C=O) groups excluding carboxylic acids is 1. The van der Waals surface area contributed by atoms with Crippen molar-refractivity contribution in [1.29, 1.82) is 0 Å². The molecular formula is C20H21ClN2O3. The molecule has 0 radical (unpaired) electrons. The van der Waals surface area contributed by atoms with Crippen molar-refractivity contribution in [3.8, 4) is 0 Å². The molecule has 2 aromatic rings. The standard InChI is InChI=1S/C20H21ClN2O3/c21-15-7-5-14(6-8-15)19(24)22-18-10-9-16(13-17(18)20(25)26)23-11-3-1-2-4-12-23/h5-10,13H,1-4,11-12H2,(H,22,24)(H,25,26). The summed E-state index contributed by atoms with van der Waals surface area (Å²) in [6.45, 7) is 1.85. The van der Waals surface area contributed by atoms with Crippen LogP contribution in [0, 0.1) is 0 Å². The number of carboxylic acids is 1. The number of nitrogens with zero attached hydrogens (tertiary/aromatic N) is 1. The highest BCUT2D eigenvalue weighted by molar-refractivity contribution is 6.30. The zero-order valence-corrected chi connectivity index (χ0v) is 15.1. The van der Waals surface area contributed by atoms with Crippen LogP contribution in [0.15, 0.2) is 42.5 Å². The molecule has 1 amide bonds. The SMILES string of the molecule is O=C(Nc1ccc(N2CCCCCC2)cc1C(=O)O)c1ccc(Cl)cc1. The number of nitrogens with one attached hydrogen (secondary N) is 1. The summed E-state index contributed by atoms with van der Waals surface area (Å²) < 4.78 is 0. The first-order valence-corrected chi connectivity index (χ1v) is 9.11. The molecule has 0 unspecified atom stereocenters. The van der Waals surface area contributed by atoms with Crippen LogP contribution in [0.3, 0.4) is 0 Å². The van der Waals surface area contributed by atoms with Gasteiger partial charge in [-0.15, -0.1) is 0 Å². The van der Waals surface area contributed by atoms with Gasteiger partial charge in [-0.2, -0.15) is 0 Å². The third-order valence-corrected chi connectivity index (χ3v) is 4.81. The van der Waals surface area contributed by atoms with E-state index in [0.29, 0.717) is 10.6 Å². The molecule has 3 rings (SSSR count). The van der Waals surface area contributed by atoms with Crippen LogP contribution in [-0.2, 0) is 0 Å². The smallest absolute Gasteiger partial charge is 0.337 e. The van der Waals surface area contributed by atoms with E-state index in [-0.39, 0.29) is 17.2 Å². The minimum Gasteiger partial charge on any atom is -0.478 e. The van der Waals surface area contributed by atoms with Crippen LogP contribution in [-0.4, -0.2) is 30.1 Å². The Labute approximate surface area is 157 Å². The zero-order chi connectivity index (χ0) is 18.5. The first-order chi connectivity index (χ1) is 12.5. The Kier molecular flexibility index (Phi) is 5.78. The highest BCUT2D eigenvalue weighted by atomic mass is 35.5. The number of anilines is 2.